The molecule has 0 aromatic rings. The molecule has 0 saturated heterocycles. The third-order valence-corrected chi connectivity index (χ3v) is 3.94. The molecule has 0 aromatic heterocycles. The van der Waals surface area contributed by atoms with Gasteiger partial charge in [0.15, 0.2) is 0 Å². The van der Waals surface area contributed by atoms with Crippen molar-refractivity contribution in [3.63, 3.8) is 0 Å². The molecule has 0 aliphatic heterocycles. The lowest BCUT2D eigenvalue weighted by Crippen LogP contribution is -2.54. The maximum Gasteiger partial charge on any atom is 0.419 e. The summed E-state index contributed by atoms with van der Waals surface area (Å²) in [5, 5.41) is 39.3. The molecular formula is C14H12F6O4. The van der Waals surface area contributed by atoms with Crippen LogP contribution >= 0.6 is 0 Å². The van der Waals surface area contributed by atoms with Gasteiger partial charge in [-0.3, -0.25) is 0 Å². The van der Waals surface area contributed by atoms with Gasteiger partial charge in [0.2, 0.25) is 0 Å². The fourth-order valence-electron chi connectivity index (χ4n) is 2.54. The Labute approximate surface area is 131 Å². The lowest BCUT2D eigenvalue weighted by atomic mass is 9.71. The molecule has 2 unspecified atom stereocenters. The second-order valence-electron chi connectivity index (χ2n) is 5.57. The Morgan fingerprint density at radius 1 is 0.917 bits per heavy atom. The molecule has 10 heteroatoms. The van der Waals surface area contributed by atoms with Crippen molar-refractivity contribution in [3.8, 4) is 0 Å². The van der Waals surface area contributed by atoms with Crippen LogP contribution in [0.4, 0.5) is 26.3 Å². The van der Waals surface area contributed by atoms with Crippen LogP contribution in [0.25, 0.3) is 0 Å². The molecule has 0 spiro atoms. The summed E-state index contributed by atoms with van der Waals surface area (Å²) in [7, 11) is 0. The molecule has 2 aliphatic carbocycles. The zero-order valence-corrected chi connectivity index (χ0v) is 11.8. The number of halogens is 6. The van der Waals surface area contributed by atoms with Crippen LogP contribution in [0.2, 0.25) is 0 Å². The molecule has 2 atom stereocenters. The maximum atomic E-state index is 12.9. The molecule has 0 fully saturated rings. The second-order valence-corrected chi connectivity index (χ2v) is 5.57. The summed E-state index contributed by atoms with van der Waals surface area (Å²) < 4.78 is 77.1. The fraction of sp³-hybridized carbons (Fsp3) is 0.429. The third-order valence-electron chi connectivity index (χ3n) is 3.94. The van der Waals surface area contributed by atoms with Crippen molar-refractivity contribution >= 4 is 0 Å². The Kier molecular flexibility index (Phi) is 4.05. The average Bonchev–Trinajstić information content (AvgIpc) is 2.42. The normalized spacial score (nSPS) is 31.8. The number of aliphatic hydroxyl groups excluding tert-OH is 2. The minimum absolute atomic E-state index is 0.0863. The first-order valence-electron chi connectivity index (χ1n) is 6.52. The first-order chi connectivity index (χ1) is 10.7. The summed E-state index contributed by atoms with van der Waals surface area (Å²) in [4.78, 5) is 0. The molecule has 2 rings (SSSR count). The van der Waals surface area contributed by atoms with Gasteiger partial charge in [-0.15, -0.1) is 0 Å². The number of aliphatic hydroxyl groups is 4. The van der Waals surface area contributed by atoms with Gasteiger partial charge in [0.1, 0.15) is 22.7 Å². The number of hydrogen-bond acceptors (Lipinski definition) is 4. The Morgan fingerprint density at radius 3 is 2.00 bits per heavy atom. The molecule has 4 N–H and O–H groups in total. The average molecular weight is 358 g/mol. The number of alkyl halides is 6. The SMILES string of the molecule is OC1=CCC(O)(C2(O)C=CC(O)=C(C(F)(F)F)C2)C=C1C(F)(F)F. The molecule has 0 amide bonds. The predicted octanol–water partition coefficient (Wildman–Crippen LogP) is 3.12. The monoisotopic (exact) mass is 358 g/mol. The van der Waals surface area contributed by atoms with E-state index in [4.69, 9.17) is 0 Å². The zero-order chi connectivity index (χ0) is 18.6. The van der Waals surface area contributed by atoms with Crippen molar-refractivity contribution in [2.75, 3.05) is 0 Å². The highest BCUT2D eigenvalue weighted by atomic mass is 19.4. The molecule has 2 aliphatic rings. The van der Waals surface area contributed by atoms with Crippen molar-refractivity contribution in [2.24, 2.45) is 0 Å². The van der Waals surface area contributed by atoms with Gasteiger partial charge in [0.05, 0.1) is 11.1 Å². The number of allylic oxidation sites excluding steroid dienone is 2. The summed E-state index contributed by atoms with van der Waals surface area (Å²) in [5.41, 5.74) is -8.79. The predicted molar refractivity (Wildman–Crippen MR) is 68.8 cm³/mol. The van der Waals surface area contributed by atoms with Gasteiger partial charge < -0.3 is 20.4 Å². The highest BCUT2D eigenvalue weighted by Gasteiger charge is 2.54. The Bertz CT molecular complexity index is 670. The molecule has 4 nitrogen and oxygen atoms in total. The first kappa shape index (κ1) is 18.4. The molecule has 0 saturated carbocycles. The third kappa shape index (κ3) is 3.03. The van der Waals surface area contributed by atoms with E-state index >= 15 is 0 Å². The van der Waals surface area contributed by atoms with Crippen molar-refractivity contribution in [3.05, 3.63) is 47.0 Å². The molecule has 0 radical (unpaired) electrons. The van der Waals surface area contributed by atoms with Crippen molar-refractivity contribution in [1.82, 2.24) is 0 Å². The molecule has 0 heterocycles. The van der Waals surface area contributed by atoms with Crippen LogP contribution in [0.5, 0.6) is 0 Å². The Balaban J connectivity index is 2.48. The van der Waals surface area contributed by atoms with Gasteiger partial charge >= 0.3 is 12.4 Å². The number of rotatable bonds is 1. The van der Waals surface area contributed by atoms with Crippen molar-refractivity contribution in [2.45, 2.75) is 36.4 Å². The molecule has 24 heavy (non-hydrogen) atoms. The molecular weight excluding hydrogens is 346 g/mol. The van der Waals surface area contributed by atoms with Crippen LogP contribution in [0.3, 0.4) is 0 Å². The highest BCUT2D eigenvalue weighted by Crippen LogP contribution is 2.46. The van der Waals surface area contributed by atoms with Gasteiger partial charge in [-0.2, -0.15) is 26.3 Å². The van der Waals surface area contributed by atoms with Gasteiger partial charge in [-0.1, -0.05) is 0 Å². The topological polar surface area (TPSA) is 80.9 Å². The summed E-state index contributed by atoms with van der Waals surface area (Å²) >= 11 is 0. The van der Waals surface area contributed by atoms with Crippen LogP contribution in [-0.4, -0.2) is 44.0 Å². The summed E-state index contributed by atoms with van der Waals surface area (Å²) in [6.45, 7) is 0. The van der Waals surface area contributed by atoms with E-state index in [1.807, 2.05) is 0 Å². The number of hydrogen-bond donors (Lipinski definition) is 4. The van der Waals surface area contributed by atoms with E-state index in [2.05, 4.69) is 0 Å². The van der Waals surface area contributed by atoms with Crippen LogP contribution in [0, 0.1) is 0 Å². The fourth-order valence-corrected chi connectivity index (χ4v) is 2.54. The van der Waals surface area contributed by atoms with Gasteiger partial charge in [-0.25, -0.2) is 0 Å². The lowest BCUT2D eigenvalue weighted by molar-refractivity contribution is -0.130. The van der Waals surface area contributed by atoms with E-state index in [9.17, 15) is 46.8 Å². The molecule has 0 bridgehead atoms. The van der Waals surface area contributed by atoms with E-state index in [1.54, 1.807) is 0 Å². The van der Waals surface area contributed by atoms with E-state index < -0.39 is 59.1 Å². The summed E-state index contributed by atoms with van der Waals surface area (Å²) in [6, 6.07) is 0. The van der Waals surface area contributed by atoms with Gasteiger partial charge in [0.25, 0.3) is 0 Å². The minimum atomic E-state index is -5.09. The quantitative estimate of drug-likeness (QED) is 0.543. The zero-order valence-electron chi connectivity index (χ0n) is 11.8. The Morgan fingerprint density at radius 2 is 1.50 bits per heavy atom. The Hall–Kier alpha value is -1.94. The van der Waals surface area contributed by atoms with E-state index in [-0.39, 0.29) is 6.08 Å². The minimum Gasteiger partial charge on any atom is -0.508 e. The summed E-state index contributed by atoms with van der Waals surface area (Å²) in [5.74, 6) is -2.41. The lowest BCUT2D eigenvalue weighted by Gasteiger charge is -2.43. The largest absolute Gasteiger partial charge is 0.508 e. The van der Waals surface area contributed by atoms with Crippen LogP contribution in [0.1, 0.15) is 12.8 Å². The smallest absolute Gasteiger partial charge is 0.419 e. The van der Waals surface area contributed by atoms with Crippen molar-refractivity contribution < 1.29 is 46.8 Å². The standard InChI is InChI=1S/C14H12F6O4/c15-13(16,17)7-5-11(23,3-1-9(7)21)12(24)4-2-10(22)8(6-12)14(18,19)20/h1-3,6,21-24H,4-5H2. The van der Waals surface area contributed by atoms with Crippen LogP contribution in [-0.2, 0) is 0 Å². The van der Waals surface area contributed by atoms with Gasteiger partial charge in [-0.05, 0) is 24.3 Å². The van der Waals surface area contributed by atoms with Crippen LogP contribution in [0.15, 0.2) is 47.0 Å². The molecule has 0 aromatic carbocycles. The van der Waals surface area contributed by atoms with Gasteiger partial charge in [0, 0.05) is 12.8 Å². The van der Waals surface area contributed by atoms with Crippen molar-refractivity contribution in [1.29, 1.82) is 0 Å². The van der Waals surface area contributed by atoms with E-state index in [0.29, 0.717) is 18.2 Å². The first-order valence-corrected chi connectivity index (χ1v) is 6.52. The van der Waals surface area contributed by atoms with E-state index in [0.717, 1.165) is 0 Å². The molecule has 134 valence electrons. The maximum absolute atomic E-state index is 12.9. The highest BCUT2D eigenvalue weighted by molar-refractivity contribution is 5.43. The second kappa shape index (κ2) is 5.28. The van der Waals surface area contributed by atoms with Crippen LogP contribution < -0.4 is 0 Å². The van der Waals surface area contributed by atoms with E-state index in [1.165, 1.54) is 0 Å². The summed E-state index contributed by atoms with van der Waals surface area (Å²) in [6.07, 6.45) is -10.6.